The molecule has 0 saturated carbocycles. The molecular formula is C33H38N4. The smallest absolute Gasteiger partial charge is 0.132 e. The fourth-order valence-electron chi connectivity index (χ4n) is 5.37. The number of nitrogens with zero attached hydrogens (tertiary/aromatic N) is 3. The Morgan fingerprint density at radius 2 is 1.32 bits per heavy atom. The van der Waals surface area contributed by atoms with E-state index in [1.165, 1.54) is 0 Å². The van der Waals surface area contributed by atoms with Crippen LogP contribution in [0.1, 0.15) is 50.3 Å². The van der Waals surface area contributed by atoms with Crippen molar-refractivity contribution in [3.05, 3.63) is 132 Å². The number of benzene rings is 3. The van der Waals surface area contributed by atoms with E-state index >= 15 is 0 Å². The van der Waals surface area contributed by atoms with Crippen molar-refractivity contribution in [1.29, 1.82) is 5.41 Å². The van der Waals surface area contributed by atoms with E-state index in [4.69, 9.17) is 10.4 Å². The summed E-state index contributed by atoms with van der Waals surface area (Å²) >= 11 is 0. The predicted molar refractivity (Wildman–Crippen MR) is 156 cm³/mol. The summed E-state index contributed by atoms with van der Waals surface area (Å²) in [6.45, 7) is 11.0. The zero-order chi connectivity index (χ0) is 26.5. The second kappa shape index (κ2) is 11.0. The van der Waals surface area contributed by atoms with E-state index in [0.29, 0.717) is 6.42 Å². The Bertz CT molecular complexity index is 1170. The molecule has 37 heavy (non-hydrogen) atoms. The van der Waals surface area contributed by atoms with Crippen LogP contribution in [0.3, 0.4) is 0 Å². The molecule has 4 rings (SSSR count). The van der Waals surface area contributed by atoms with Crippen molar-refractivity contribution >= 4 is 12.1 Å². The summed E-state index contributed by atoms with van der Waals surface area (Å²) in [4.78, 5) is 9.86. The van der Waals surface area contributed by atoms with Gasteiger partial charge in [0.1, 0.15) is 17.5 Å². The molecule has 1 aliphatic heterocycles. The molecule has 2 unspecified atom stereocenters. The summed E-state index contributed by atoms with van der Waals surface area (Å²) in [5.74, 6) is 0.935. The van der Waals surface area contributed by atoms with Crippen molar-refractivity contribution in [1.82, 2.24) is 9.80 Å². The minimum absolute atomic E-state index is 0.225. The number of amidine groups is 1. The molecule has 3 aromatic carbocycles. The van der Waals surface area contributed by atoms with E-state index in [-0.39, 0.29) is 6.17 Å². The highest BCUT2D eigenvalue weighted by atomic mass is 15.3. The number of aliphatic imine (C=N–C) groups is 1. The van der Waals surface area contributed by atoms with Gasteiger partial charge in [-0.15, -0.1) is 0 Å². The largest absolute Gasteiger partial charge is 0.358 e. The average Bonchev–Trinajstić information content (AvgIpc) is 2.96. The van der Waals surface area contributed by atoms with Crippen molar-refractivity contribution in [2.45, 2.75) is 45.3 Å². The fraction of sp³-hybridized carbons (Fsp3) is 0.273. The highest BCUT2D eigenvalue weighted by molar-refractivity contribution is 5.87. The summed E-state index contributed by atoms with van der Waals surface area (Å²) in [7, 11) is 2.04. The van der Waals surface area contributed by atoms with Gasteiger partial charge in [-0.1, -0.05) is 118 Å². The molecule has 190 valence electrons. The number of hydrogen-bond acceptors (Lipinski definition) is 4. The zero-order valence-electron chi connectivity index (χ0n) is 22.4. The highest BCUT2D eigenvalue weighted by Gasteiger charge is 2.45. The standard InChI is InChI=1S/C33H38N4/c1-6-30-35-31(32(4,7-2)25-34)36(5)24-23-26(3)37(30)33(27-17-11-8-12-18-27,28-19-13-9-14-20-28)29-21-15-10-16-22-29/h8-25,31,34H,3,6-7H2,1-2,4-5H3/b24-23-,34-25?,35-30+. The number of nitrogens with one attached hydrogen (secondary N) is 1. The molecule has 0 aromatic heterocycles. The molecule has 0 aliphatic carbocycles. The Hall–Kier alpha value is -3.92. The van der Waals surface area contributed by atoms with Crippen LogP contribution in [-0.2, 0) is 5.54 Å². The summed E-state index contributed by atoms with van der Waals surface area (Å²) in [6, 6.07) is 31.9. The van der Waals surface area contributed by atoms with Crippen LogP contribution in [0.2, 0.25) is 0 Å². The van der Waals surface area contributed by atoms with Gasteiger partial charge in [-0.05, 0) is 29.2 Å². The monoisotopic (exact) mass is 490 g/mol. The van der Waals surface area contributed by atoms with Gasteiger partial charge in [0.15, 0.2) is 0 Å². The van der Waals surface area contributed by atoms with E-state index in [9.17, 15) is 0 Å². The molecule has 1 N–H and O–H groups in total. The first-order chi connectivity index (χ1) is 17.9. The van der Waals surface area contributed by atoms with Gasteiger partial charge in [0.05, 0.1) is 0 Å². The van der Waals surface area contributed by atoms with Gasteiger partial charge in [0, 0.05) is 37.0 Å². The normalized spacial score (nSPS) is 20.3. The quantitative estimate of drug-likeness (QED) is 0.263. The van der Waals surface area contributed by atoms with Crippen LogP contribution >= 0.6 is 0 Å². The maximum atomic E-state index is 8.27. The van der Waals surface area contributed by atoms with Gasteiger partial charge in [-0.3, -0.25) is 0 Å². The van der Waals surface area contributed by atoms with Crippen molar-refractivity contribution < 1.29 is 0 Å². The maximum Gasteiger partial charge on any atom is 0.132 e. The molecule has 4 nitrogen and oxygen atoms in total. The molecule has 0 fully saturated rings. The number of hydrogen-bond donors (Lipinski definition) is 1. The Balaban J connectivity index is 2.12. The van der Waals surface area contributed by atoms with Crippen molar-refractivity contribution in [2.75, 3.05) is 7.05 Å². The van der Waals surface area contributed by atoms with Crippen LogP contribution < -0.4 is 0 Å². The van der Waals surface area contributed by atoms with Crippen molar-refractivity contribution in [2.24, 2.45) is 10.4 Å². The molecule has 1 heterocycles. The summed E-state index contributed by atoms with van der Waals surface area (Å²) in [6.07, 6.45) is 6.99. The summed E-state index contributed by atoms with van der Waals surface area (Å²) in [5.41, 5.74) is 3.15. The van der Waals surface area contributed by atoms with Crippen LogP contribution in [0.15, 0.2) is 121 Å². The molecular weight excluding hydrogens is 452 g/mol. The third-order valence-corrected chi connectivity index (χ3v) is 7.61. The van der Waals surface area contributed by atoms with E-state index in [2.05, 4.69) is 140 Å². The fourth-order valence-corrected chi connectivity index (χ4v) is 5.37. The van der Waals surface area contributed by atoms with Crippen LogP contribution in [0.4, 0.5) is 0 Å². The summed E-state index contributed by atoms with van der Waals surface area (Å²) in [5, 5.41) is 8.27. The van der Waals surface area contributed by atoms with Crippen LogP contribution in [-0.4, -0.2) is 35.1 Å². The van der Waals surface area contributed by atoms with E-state index in [1.54, 1.807) is 6.21 Å². The number of allylic oxidation sites excluding steroid dienone is 1. The molecule has 1 aliphatic rings. The van der Waals surface area contributed by atoms with E-state index in [1.807, 2.05) is 7.05 Å². The zero-order valence-corrected chi connectivity index (χ0v) is 22.4. The van der Waals surface area contributed by atoms with E-state index in [0.717, 1.165) is 34.6 Å². The van der Waals surface area contributed by atoms with Gasteiger partial charge in [0.2, 0.25) is 0 Å². The molecule has 0 saturated heterocycles. The number of rotatable bonds is 8. The van der Waals surface area contributed by atoms with Gasteiger partial charge in [0.25, 0.3) is 0 Å². The Morgan fingerprint density at radius 1 is 0.865 bits per heavy atom. The van der Waals surface area contributed by atoms with E-state index < -0.39 is 11.0 Å². The highest BCUT2D eigenvalue weighted by Crippen LogP contribution is 2.45. The van der Waals surface area contributed by atoms with Gasteiger partial charge in [-0.25, -0.2) is 4.99 Å². The van der Waals surface area contributed by atoms with Gasteiger partial charge >= 0.3 is 0 Å². The van der Waals surface area contributed by atoms with Gasteiger partial charge in [-0.2, -0.15) is 0 Å². The molecule has 0 spiro atoms. The van der Waals surface area contributed by atoms with Crippen LogP contribution in [0.5, 0.6) is 0 Å². The lowest BCUT2D eigenvalue weighted by Crippen LogP contribution is -2.52. The molecule has 4 heteroatoms. The Kier molecular flexibility index (Phi) is 7.77. The van der Waals surface area contributed by atoms with Gasteiger partial charge < -0.3 is 15.2 Å². The SMILES string of the molecule is C=C1/C=C\N(C)C(C(C)(C=N)CC)/N=C(\CC)N1C(c1ccccc1)(c1ccccc1)c1ccccc1. The molecule has 0 radical (unpaired) electrons. The third-order valence-electron chi connectivity index (χ3n) is 7.61. The minimum atomic E-state index is -0.701. The Morgan fingerprint density at radius 3 is 1.70 bits per heavy atom. The third kappa shape index (κ3) is 4.64. The first kappa shape index (κ1) is 26.2. The summed E-state index contributed by atoms with van der Waals surface area (Å²) < 4.78 is 0. The van der Waals surface area contributed by atoms with Crippen LogP contribution in [0, 0.1) is 10.8 Å². The minimum Gasteiger partial charge on any atom is -0.358 e. The van der Waals surface area contributed by atoms with Crippen LogP contribution in [0.25, 0.3) is 0 Å². The van der Waals surface area contributed by atoms with Crippen molar-refractivity contribution in [3.63, 3.8) is 0 Å². The first-order valence-corrected chi connectivity index (χ1v) is 13.1. The first-order valence-electron chi connectivity index (χ1n) is 13.1. The average molecular weight is 491 g/mol. The lowest BCUT2D eigenvalue weighted by atomic mass is 9.74. The predicted octanol–water partition coefficient (Wildman–Crippen LogP) is 7.45. The Labute approximate surface area is 222 Å². The molecule has 0 amide bonds. The molecule has 0 bridgehead atoms. The molecule has 2 atom stereocenters. The van der Waals surface area contributed by atoms with Crippen molar-refractivity contribution in [3.8, 4) is 0 Å². The second-order valence-corrected chi connectivity index (χ2v) is 9.89. The lowest BCUT2D eigenvalue weighted by Gasteiger charge is -2.49. The topological polar surface area (TPSA) is 42.7 Å². The molecule has 3 aromatic rings. The maximum absolute atomic E-state index is 8.27. The lowest BCUT2D eigenvalue weighted by molar-refractivity contribution is 0.197. The second-order valence-electron chi connectivity index (χ2n) is 9.89.